The zero-order valence-corrected chi connectivity index (χ0v) is 14.8. The Morgan fingerprint density at radius 3 is 2.28 bits per heavy atom. The minimum absolute atomic E-state index is 0.151. The summed E-state index contributed by atoms with van der Waals surface area (Å²) >= 11 is 0. The molecule has 0 radical (unpaired) electrons. The fraction of sp³-hybridized carbons (Fsp3) is 0.316. The van der Waals surface area contributed by atoms with E-state index in [1.807, 2.05) is 12.1 Å². The van der Waals surface area contributed by atoms with Gasteiger partial charge in [-0.3, -0.25) is 9.52 Å². The fourth-order valence-electron chi connectivity index (χ4n) is 2.70. The number of sulfonamides is 1. The molecule has 2 aromatic carbocycles. The first-order valence-electron chi connectivity index (χ1n) is 8.49. The molecule has 1 aliphatic rings. The van der Waals surface area contributed by atoms with Crippen molar-refractivity contribution >= 4 is 21.6 Å². The molecule has 0 heterocycles. The quantitative estimate of drug-likeness (QED) is 0.799. The monoisotopic (exact) mass is 358 g/mol. The Hall–Kier alpha value is -2.34. The van der Waals surface area contributed by atoms with Gasteiger partial charge in [-0.05, 0) is 49.1 Å². The number of benzene rings is 2. The van der Waals surface area contributed by atoms with Gasteiger partial charge in [-0.2, -0.15) is 0 Å². The van der Waals surface area contributed by atoms with Crippen LogP contribution < -0.4 is 10.0 Å². The number of amides is 1. The Bertz CT molecular complexity index is 814. The van der Waals surface area contributed by atoms with Gasteiger partial charge in [-0.1, -0.05) is 36.8 Å². The van der Waals surface area contributed by atoms with Gasteiger partial charge < -0.3 is 5.32 Å². The van der Waals surface area contributed by atoms with Gasteiger partial charge in [-0.15, -0.1) is 0 Å². The lowest BCUT2D eigenvalue weighted by molar-refractivity contribution is -0.127. The van der Waals surface area contributed by atoms with E-state index in [4.69, 9.17) is 0 Å². The van der Waals surface area contributed by atoms with E-state index in [2.05, 4.69) is 10.0 Å². The van der Waals surface area contributed by atoms with Crippen LogP contribution in [0, 0.1) is 5.92 Å². The average molecular weight is 358 g/mol. The summed E-state index contributed by atoms with van der Waals surface area (Å²) in [5.74, 6) is 0.355. The minimum atomic E-state index is -3.57. The number of hydrogen-bond acceptors (Lipinski definition) is 3. The van der Waals surface area contributed by atoms with Crippen LogP contribution in [0.2, 0.25) is 0 Å². The molecule has 0 saturated heterocycles. The molecule has 5 nitrogen and oxygen atoms in total. The van der Waals surface area contributed by atoms with Crippen molar-refractivity contribution in [1.29, 1.82) is 0 Å². The van der Waals surface area contributed by atoms with Gasteiger partial charge in [0.05, 0.1) is 4.90 Å². The van der Waals surface area contributed by atoms with Gasteiger partial charge in [0.2, 0.25) is 5.91 Å². The Morgan fingerprint density at radius 1 is 1.00 bits per heavy atom. The molecule has 0 unspecified atom stereocenters. The molecule has 1 saturated carbocycles. The van der Waals surface area contributed by atoms with Crippen LogP contribution in [-0.4, -0.2) is 20.9 Å². The largest absolute Gasteiger partial charge is 0.356 e. The molecule has 1 fully saturated rings. The molecule has 0 atom stereocenters. The molecule has 25 heavy (non-hydrogen) atoms. The lowest BCUT2D eigenvalue weighted by Crippen LogP contribution is -2.35. The Kier molecular flexibility index (Phi) is 5.38. The number of anilines is 1. The summed E-state index contributed by atoms with van der Waals surface area (Å²) in [5.41, 5.74) is 1.57. The molecule has 0 spiro atoms. The SMILES string of the molecule is O=C(NCCc1ccc(NS(=O)(=O)c2ccccc2)cc1)C1CCC1. The highest BCUT2D eigenvalue weighted by atomic mass is 32.2. The van der Waals surface area contributed by atoms with E-state index in [1.54, 1.807) is 42.5 Å². The maximum absolute atomic E-state index is 12.3. The molecule has 1 aliphatic carbocycles. The van der Waals surface area contributed by atoms with Crippen molar-refractivity contribution in [3.8, 4) is 0 Å². The first-order chi connectivity index (χ1) is 12.0. The van der Waals surface area contributed by atoms with E-state index < -0.39 is 10.0 Å². The maximum atomic E-state index is 12.3. The minimum Gasteiger partial charge on any atom is -0.356 e. The van der Waals surface area contributed by atoms with E-state index in [-0.39, 0.29) is 16.7 Å². The molecule has 0 aromatic heterocycles. The summed E-state index contributed by atoms with van der Waals surface area (Å²) < 4.78 is 27.1. The Balaban J connectivity index is 1.52. The van der Waals surface area contributed by atoms with Crippen molar-refractivity contribution in [1.82, 2.24) is 5.32 Å². The van der Waals surface area contributed by atoms with E-state index in [9.17, 15) is 13.2 Å². The van der Waals surface area contributed by atoms with Crippen LogP contribution in [0.25, 0.3) is 0 Å². The molecule has 2 aromatic rings. The summed E-state index contributed by atoms with van der Waals surface area (Å²) in [7, 11) is -3.57. The van der Waals surface area contributed by atoms with E-state index >= 15 is 0 Å². The first-order valence-corrected chi connectivity index (χ1v) is 9.97. The Labute approximate surface area is 148 Å². The highest BCUT2D eigenvalue weighted by molar-refractivity contribution is 7.92. The zero-order chi connectivity index (χ0) is 17.7. The zero-order valence-electron chi connectivity index (χ0n) is 13.9. The van der Waals surface area contributed by atoms with Gasteiger partial charge in [-0.25, -0.2) is 8.42 Å². The molecule has 3 rings (SSSR count). The third kappa shape index (κ3) is 4.60. The van der Waals surface area contributed by atoms with Crippen LogP contribution in [0.1, 0.15) is 24.8 Å². The van der Waals surface area contributed by atoms with Crippen LogP contribution in [0.5, 0.6) is 0 Å². The van der Waals surface area contributed by atoms with Crippen LogP contribution in [0.3, 0.4) is 0 Å². The van der Waals surface area contributed by atoms with Gasteiger partial charge >= 0.3 is 0 Å². The summed E-state index contributed by atoms with van der Waals surface area (Å²) in [6, 6.07) is 15.5. The number of carbonyl (C=O) groups is 1. The molecule has 132 valence electrons. The third-order valence-corrected chi connectivity index (χ3v) is 5.85. The maximum Gasteiger partial charge on any atom is 0.261 e. The van der Waals surface area contributed by atoms with Crippen LogP contribution in [0.15, 0.2) is 59.5 Å². The van der Waals surface area contributed by atoms with Crippen molar-refractivity contribution in [2.45, 2.75) is 30.6 Å². The topological polar surface area (TPSA) is 75.3 Å². The molecular weight excluding hydrogens is 336 g/mol. The normalized spacial score (nSPS) is 14.6. The number of nitrogens with one attached hydrogen (secondary N) is 2. The summed E-state index contributed by atoms with van der Waals surface area (Å²) in [6.45, 7) is 0.602. The molecule has 1 amide bonds. The molecular formula is C19H22N2O3S. The summed E-state index contributed by atoms with van der Waals surface area (Å²) in [5, 5.41) is 2.96. The van der Waals surface area contributed by atoms with Crippen LogP contribution in [-0.2, 0) is 21.2 Å². The lowest BCUT2D eigenvalue weighted by atomic mass is 9.85. The van der Waals surface area contributed by atoms with Crippen LogP contribution in [0.4, 0.5) is 5.69 Å². The van der Waals surface area contributed by atoms with Gasteiger partial charge in [0.15, 0.2) is 0 Å². The molecule has 2 N–H and O–H groups in total. The molecule has 0 bridgehead atoms. The highest BCUT2D eigenvalue weighted by Gasteiger charge is 2.24. The first kappa shape index (κ1) is 17.5. The van der Waals surface area contributed by atoms with Gasteiger partial charge in [0.25, 0.3) is 10.0 Å². The van der Waals surface area contributed by atoms with Crippen molar-refractivity contribution in [3.63, 3.8) is 0 Å². The number of carbonyl (C=O) groups excluding carboxylic acids is 1. The summed E-state index contributed by atoms with van der Waals surface area (Å²) in [4.78, 5) is 12.0. The van der Waals surface area contributed by atoms with E-state index in [1.165, 1.54) is 0 Å². The standard InChI is InChI=1S/C19H22N2O3S/c22-19(16-5-4-6-16)20-14-13-15-9-11-17(12-10-15)21-25(23,24)18-7-2-1-3-8-18/h1-3,7-12,16,21H,4-6,13-14H2,(H,20,22). The highest BCUT2D eigenvalue weighted by Crippen LogP contribution is 2.26. The number of hydrogen-bond donors (Lipinski definition) is 2. The van der Waals surface area contributed by atoms with Crippen LogP contribution >= 0.6 is 0 Å². The Morgan fingerprint density at radius 2 is 1.68 bits per heavy atom. The summed E-state index contributed by atoms with van der Waals surface area (Å²) in [6.07, 6.45) is 3.88. The fourth-order valence-corrected chi connectivity index (χ4v) is 3.78. The second-order valence-electron chi connectivity index (χ2n) is 6.28. The smallest absolute Gasteiger partial charge is 0.261 e. The molecule has 0 aliphatic heterocycles. The third-order valence-electron chi connectivity index (χ3n) is 4.45. The molecule has 6 heteroatoms. The van der Waals surface area contributed by atoms with Crippen molar-refractivity contribution in [2.75, 3.05) is 11.3 Å². The second-order valence-corrected chi connectivity index (χ2v) is 7.97. The van der Waals surface area contributed by atoms with E-state index in [0.29, 0.717) is 12.2 Å². The van der Waals surface area contributed by atoms with Crippen molar-refractivity contribution in [2.24, 2.45) is 5.92 Å². The van der Waals surface area contributed by atoms with Gasteiger partial charge in [0, 0.05) is 18.2 Å². The predicted molar refractivity (Wildman–Crippen MR) is 97.7 cm³/mol. The number of rotatable bonds is 7. The second kappa shape index (κ2) is 7.70. The average Bonchev–Trinajstić information content (AvgIpc) is 2.55. The van der Waals surface area contributed by atoms with Gasteiger partial charge in [0.1, 0.15) is 0 Å². The van der Waals surface area contributed by atoms with Crippen molar-refractivity contribution < 1.29 is 13.2 Å². The lowest BCUT2D eigenvalue weighted by Gasteiger charge is -2.24. The van der Waals surface area contributed by atoms with Crippen molar-refractivity contribution in [3.05, 3.63) is 60.2 Å². The predicted octanol–water partition coefficient (Wildman–Crippen LogP) is 2.95. The van der Waals surface area contributed by atoms with E-state index in [0.717, 1.165) is 31.2 Å².